The van der Waals surface area contributed by atoms with Crippen LogP contribution in [0.15, 0.2) is 18.2 Å². The van der Waals surface area contributed by atoms with Crippen LogP contribution in [0.3, 0.4) is 0 Å². The number of nitrogens with zero attached hydrogens (tertiary/aromatic N) is 2. The van der Waals surface area contributed by atoms with Gasteiger partial charge < -0.3 is 10.2 Å². The molecule has 5 nitrogen and oxygen atoms in total. The fourth-order valence-corrected chi connectivity index (χ4v) is 3.53. The molecule has 5 heteroatoms. The highest BCUT2D eigenvalue weighted by Gasteiger charge is 2.28. The van der Waals surface area contributed by atoms with E-state index in [0.29, 0.717) is 19.1 Å². The second-order valence-corrected chi connectivity index (χ2v) is 6.70. The quantitative estimate of drug-likeness (QED) is 0.864. The molecule has 1 aromatic carbocycles. The highest BCUT2D eigenvalue weighted by Crippen LogP contribution is 2.27. The second-order valence-electron chi connectivity index (χ2n) is 6.70. The SMILES string of the molecule is CC(=O)N1CCN(C(C)C(=O)c2ccc3c(c2)CC(C)N3)CC1. The van der Waals surface area contributed by atoms with Crippen LogP contribution in [0.2, 0.25) is 0 Å². The Morgan fingerprint density at radius 2 is 1.91 bits per heavy atom. The first-order valence-corrected chi connectivity index (χ1v) is 8.39. The van der Waals surface area contributed by atoms with E-state index in [4.69, 9.17) is 0 Å². The van der Waals surface area contributed by atoms with Crippen molar-refractivity contribution in [1.82, 2.24) is 9.80 Å². The number of nitrogens with one attached hydrogen (secondary N) is 1. The van der Waals surface area contributed by atoms with Crippen LogP contribution in [-0.4, -0.2) is 59.8 Å². The summed E-state index contributed by atoms with van der Waals surface area (Å²) in [6, 6.07) is 6.28. The van der Waals surface area contributed by atoms with Crippen molar-refractivity contribution >= 4 is 17.4 Å². The van der Waals surface area contributed by atoms with Crippen LogP contribution in [-0.2, 0) is 11.2 Å². The number of amides is 1. The molecule has 2 atom stereocenters. The van der Waals surface area contributed by atoms with Gasteiger partial charge in [-0.2, -0.15) is 0 Å². The smallest absolute Gasteiger partial charge is 0.219 e. The largest absolute Gasteiger partial charge is 0.382 e. The minimum atomic E-state index is -0.144. The summed E-state index contributed by atoms with van der Waals surface area (Å²) in [6.07, 6.45) is 0.974. The van der Waals surface area contributed by atoms with E-state index >= 15 is 0 Å². The van der Waals surface area contributed by atoms with Crippen molar-refractivity contribution in [3.63, 3.8) is 0 Å². The molecular formula is C18H25N3O2. The van der Waals surface area contributed by atoms with Gasteiger partial charge in [0.1, 0.15) is 0 Å². The Morgan fingerprint density at radius 1 is 1.22 bits per heavy atom. The lowest BCUT2D eigenvalue weighted by molar-refractivity contribution is -0.130. The molecular weight excluding hydrogens is 290 g/mol. The van der Waals surface area contributed by atoms with E-state index in [9.17, 15) is 9.59 Å². The Morgan fingerprint density at radius 3 is 2.57 bits per heavy atom. The maximum absolute atomic E-state index is 12.8. The van der Waals surface area contributed by atoms with Crippen molar-refractivity contribution < 1.29 is 9.59 Å². The van der Waals surface area contributed by atoms with E-state index in [-0.39, 0.29) is 17.7 Å². The third-order valence-corrected chi connectivity index (χ3v) is 5.00. The van der Waals surface area contributed by atoms with E-state index in [1.54, 1.807) is 6.92 Å². The Hall–Kier alpha value is -1.88. The van der Waals surface area contributed by atoms with Gasteiger partial charge in [0.05, 0.1) is 6.04 Å². The number of Topliss-reactive ketones (excluding diaryl/α,β-unsaturated/α-hetero) is 1. The average molecular weight is 315 g/mol. The molecule has 0 saturated carbocycles. The summed E-state index contributed by atoms with van der Waals surface area (Å²) in [5.41, 5.74) is 3.18. The molecule has 2 aliphatic heterocycles. The topological polar surface area (TPSA) is 52.7 Å². The van der Waals surface area contributed by atoms with Crippen LogP contribution < -0.4 is 5.32 Å². The lowest BCUT2D eigenvalue weighted by Crippen LogP contribution is -2.52. The van der Waals surface area contributed by atoms with Crippen molar-refractivity contribution in [3.05, 3.63) is 29.3 Å². The maximum Gasteiger partial charge on any atom is 0.219 e. The minimum Gasteiger partial charge on any atom is -0.382 e. The number of piperazine rings is 1. The number of hydrogen-bond acceptors (Lipinski definition) is 4. The first-order valence-electron chi connectivity index (χ1n) is 8.39. The lowest BCUT2D eigenvalue weighted by Gasteiger charge is -2.37. The molecule has 3 rings (SSSR count). The molecule has 1 aromatic rings. The minimum absolute atomic E-state index is 0.115. The fraction of sp³-hybridized carbons (Fsp3) is 0.556. The summed E-state index contributed by atoms with van der Waals surface area (Å²) in [5, 5.41) is 3.41. The molecule has 0 aromatic heterocycles. The van der Waals surface area contributed by atoms with Gasteiger partial charge in [0.25, 0.3) is 0 Å². The van der Waals surface area contributed by atoms with Crippen molar-refractivity contribution in [2.75, 3.05) is 31.5 Å². The third-order valence-electron chi connectivity index (χ3n) is 5.00. The normalized spacial score (nSPS) is 22.4. The van der Waals surface area contributed by atoms with Crippen molar-refractivity contribution in [2.24, 2.45) is 0 Å². The van der Waals surface area contributed by atoms with Gasteiger partial charge in [-0.1, -0.05) is 0 Å². The number of carbonyl (C=O) groups is 2. The predicted octanol–water partition coefficient (Wildman–Crippen LogP) is 1.78. The van der Waals surface area contributed by atoms with Crippen LogP contribution in [0.4, 0.5) is 5.69 Å². The second kappa shape index (κ2) is 6.32. The predicted molar refractivity (Wildman–Crippen MR) is 90.9 cm³/mol. The van der Waals surface area contributed by atoms with Crippen molar-refractivity contribution in [3.8, 4) is 0 Å². The summed E-state index contributed by atoms with van der Waals surface area (Å²) in [5.74, 6) is 0.285. The maximum atomic E-state index is 12.8. The zero-order valence-electron chi connectivity index (χ0n) is 14.1. The average Bonchev–Trinajstić information content (AvgIpc) is 2.92. The molecule has 0 radical (unpaired) electrons. The van der Waals surface area contributed by atoms with Gasteiger partial charge in [0.15, 0.2) is 5.78 Å². The Kier molecular flexibility index (Phi) is 4.39. The van der Waals surface area contributed by atoms with Gasteiger partial charge in [0, 0.05) is 50.4 Å². The molecule has 2 heterocycles. The fourth-order valence-electron chi connectivity index (χ4n) is 3.53. The van der Waals surface area contributed by atoms with Crippen LogP contribution in [0.25, 0.3) is 0 Å². The van der Waals surface area contributed by atoms with Crippen LogP contribution in [0.1, 0.15) is 36.7 Å². The molecule has 1 fully saturated rings. The van der Waals surface area contributed by atoms with Gasteiger partial charge in [-0.3, -0.25) is 14.5 Å². The van der Waals surface area contributed by atoms with E-state index < -0.39 is 0 Å². The molecule has 0 spiro atoms. The van der Waals surface area contributed by atoms with Gasteiger partial charge in [-0.05, 0) is 44.0 Å². The highest BCUT2D eigenvalue weighted by atomic mass is 16.2. The van der Waals surface area contributed by atoms with E-state index in [2.05, 4.69) is 17.1 Å². The van der Waals surface area contributed by atoms with Gasteiger partial charge >= 0.3 is 0 Å². The first kappa shape index (κ1) is 16.0. The monoisotopic (exact) mass is 315 g/mol. The standard InChI is InChI=1S/C18H25N3O2/c1-12-10-16-11-15(4-5-17(16)19-12)18(23)13(2)20-6-8-21(9-7-20)14(3)22/h4-5,11-13,19H,6-10H2,1-3H3. The molecule has 0 bridgehead atoms. The molecule has 1 saturated heterocycles. The molecule has 1 N–H and O–H groups in total. The molecule has 2 unspecified atom stereocenters. The summed E-state index contributed by atoms with van der Waals surface area (Å²) in [7, 11) is 0. The lowest BCUT2D eigenvalue weighted by atomic mass is 9.99. The molecule has 23 heavy (non-hydrogen) atoms. The van der Waals surface area contributed by atoms with Gasteiger partial charge in [-0.25, -0.2) is 0 Å². The number of hydrogen-bond donors (Lipinski definition) is 1. The zero-order chi connectivity index (χ0) is 16.6. The number of benzene rings is 1. The Bertz CT molecular complexity index is 621. The van der Waals surface area contributed by atoms with E-state index in [1.165, 1.54) is 5.56 Å². The Balaban J connectivity index is 1.67. The summed E-state index contributed by atoms with van der Waals surface area (Å²) in [4.78, 5) is 28.2. The van der Waals surface area contributed by atoms with Crippen molar-refractivity contribution in [2.45, 2.75) is 39.3 Å². The third kappa shape index (κ3) is 3.24. The zero-order valence-corrected chi connectivity index (χ0v) is 14.1. The number of anilines is 1. The van der Waals surface area contributed by atoms with Crippen molar-refractivity contribution in [1.29, 1.82) is 0 Å². The van der Waals surface area contributed by atoms with Gasteiger partial charge in [-0.15, -0.1) is 0 Å². The summed E-state index contributed by atoms with van der Waals surface area (Å²) in [6.45, 7) is 8.66. The molecule has 0 aliphatic carbocycles. The van der Waals surface area contributed by atoms with E-state index in [0.717, 1.165) is 30.8 Å². The van der Waals surface area contributed by atoms with Crippen LogP contribution in [0, 0.1) is 0 Å². The van der Waals surface area contributed by atoms with E-state index in [1.807, 2.05) is 30.0 Å². The number of carbonyl (C=O) groups excluding carboxylic acids is 2. The van der Waals surface area contributed by atoms with Gasteiger partial charge in [0.2, 0.25) is 5.91 Å². The number of rotatable bonds is 3. The number of ketones is 1. The molecule has 1 amide bonds. The molecule has 124 valence electrons. The Labute approximate surface area is 137 Å². The van der Waals surface area contributed by atoms with Crippen LogP contribution >= 0.6 is 0 Å². The highest BCUT2D eigenvalue weighted by molar-refractivity contribution is 6.00. The number of fused-ring (bicyclic) bond motifs is 1. The summed E-state index contributed by atoms with van der Waals surface area (Å²) < 4.78 is 0. The summed E-state index contributed by atoms with van der Waals surface area (Å²) >= 11 is 0. The molecule has 2 aliphatic rings. The first-order chi connectivity index (χ1) is 11.0. The van der Waals surface area contributed by atoms with Crippen LogP contribution in [0.5, 0.6) is 0 Å².